The number of nitrogens with one attached hydrogen (secondary N) is 2. The van der Waals surface area contributed by atoms with Crippen LogP contribution < -0.4 is 10.1 Å². The third kappa shape index (κ3) is 2.97. The second kappa shape index (κ2) is 6.08. The number of carbonyl (C=O) groups excluding carboxylic acids is 1. The maximum absolute atomic E-state index is 12.6. The molecule has 0 spiro atoms. The number of fused-ring (bicyclic) bond motifs is 1. The molecule has 1 aromatic heterocycles. The summed E-state index contributed by atoms with van der Waals surface area (Å²) in [5, 5.41) is 3.95. The fourth-order valence-corrected chi connectivity index (χ4v) is 2.83. The molecule has 0 aliphatic carbocycles. The summed E-state index contributed by atoms with van der Waals surface area (Å²) in [5.74, 6) is 0.605. The summed E-state index contributed by atoms with van der Waals surface area (Å²) < 4.78 is 6.24. The molecule has 0 fully saturated rings. The number of hydrogen-bond donors (Lipinski definition) is 2. The molecule has 0 aliphatic rings. The van der Waals surface area contributed by atoms with Crippen LogP contribution in [0.3, 0.4) is 0 Å². The van der Waals surface area contributed by atoms with Crippen LogP contribution >= 0.6 is 15.9 Å². The molecule has 0 saturated heterocycles. The van der Waals surface area contributed by atoms with Crippen LogP contribution in [0.25, 0.3) is 10.9 Å². The quantitative estimate of drug-likeness (QED) is 0.692. The predicted octanol–water partition coefficient (Wildman–Crippen LogP) is 4.81. The molecule has 4 nitrogen and oxygen atoms in total. The molecule has 2 aromatic carbocycles. The van der Waals surface area contributed by atoms with E-state index in [0.717, 1.165) is 37.9 Å². The minimum Gasteiger partial charge on any atom is -0.497 e. The van der Waals surface area contributed by atoms with Gasteiger partial charge in [-0.3, -0.25) is 4.79 Å². The molecule has 0 radical (unpaired) electrons. The van der Waals surface area contributed by atoms with E-state index in [1.807, 2.05) is 50.2 Å². The molecule has 0 atom stereocenters. The van der Waals surface area contributed by atoms with E-state index in [4.69, 9.17) is 4.74 Å². The Morgan fingerprint density at radius 3 is 2.65 bits per heavy atom. The number of benzene rings is 2. The van der Waals surface area contributed by atoms with E-state index in [2.05, 4.69) is 26.2 Å². The highest BCUT2D eigenvalue weighted by Crippen LogP contribution is 2.26. The molecule has 1 heterocycles. The number of aryl methyl sites for hydroxylation is 2. The monoisotopic (exact) mass is 372 g/mol. The summed E-state index contributed by atoms with van der Waals surface area (Å²) in [4.78, 5) is 15.8. The Bertz CT molecular complexity index is 899. The number of methoxy groups -OCH3 is 1. The van der Waals surface area contributed by atoms with Gasteiger partial charge in [0.15, 0.2) is 0 Å². The molecule has 1 amide bonds. The van der Waals surface area contributed by atoms with Gasteiger partial charge in [0.1, 0.15) is 11.4 Å². The fraction of sp³-hybridized carbons (Fsp3) is 0.167. The highest BCUT2D eigenvalue weighted by molar-refractivity contribution is 9.10. The molecule has 0 unspecified atom stereocenters. The first kappa shape index (κ1) is 15.6. The number of halogens is 1. The van der Waals surface area contributed by atoms with Gasteiger partial charge in [0.05, 0.1) is 7.11 Å². The largest absolute Gasteiger partial charge is 0.497 e. The SMILES string of the molecule is COc1ccc2c(C)c(C(=O)Nc3ccc(Br)c(C)c3)[nH]c2c1. The lowest BCUT2D eigenvalue weighted by atomic mass is 10.1. The molecule has 0 bridgehead atoms. The highest BCUT2D eigenvalue weighted by Gasteiger charge is 2.15. The van der Waals surface area contributed by atoms with Crippen molar-refractivity contribution in [1.29, 1.82) is 0 Å². The molecule has 0 aliphatic heterocycles. The van der Waals surface area contributed by atoms with Gasteiger partial charge in [-0.15, -0.1) is 0 Å². The Hall–Kier alpha value is -2.27. The molecule has 23 heavy (non-hydrogen) atoms. The molecule has 3 aromatic rings. The van der Waals surface area contributed by atoms with Gasteiger partial charge in [0.25, 0.3) is 5.91 Å². The third-order valence-electron chi connectivity index (χ3n) is 3.91. The van der Waals surface area contributed by atoms with Crippen molar-refractivity contribution < 1.29 is 9.53 Å². The summed E-state index contributed by atoms with van der Waals surface area (Å²) in [6.45, 7) is 3.92. The number of amides is 1. The van der Waals surface area contributed by atoms with E-state index in [9.17, 15) is 4.79 Å². The summed E-state index contributed by atoms with van der Waals surface area (Å²) in [6, 6.07) is 11.5. The van der Waals surface area contributed by atoms with Crippen molar-refractivity contribution in [1.82, 2.24) is 4.98 Å². The Morgan fingerprint density at radius 1 is 1.17 bits per heavy atom. The van der Waals surface area contributed by atoms with Crippen molar-refractivity contribution in [3.8, 4) is 5.75 Å². The van der Waals surface area contributed by atoms with Crippen LogP contribution in [0.15, 0.2) is 40.9 Å². The lowest BCUT2D eigenvalue weighted by molar-refractivity contribution is 0.102. The van der Waals surface area contributed by atoms with Crippen molar-refractivity contribution in [2.24, 2.45) is 0 Å². The van der Waals surface area contributed by atoms with Crippen molar-refractivity contribution >= 4 is 38.4 Å². The average molecular weight is 373 g/mol. The van der Waals surface area contributed by atoms with Gasteiger partial charge in [-0.25, -0.2) is 0 Å². The number of aromatic amines is 1. The van der Waals surface area contributed by atoms with Crippen LogP contribution in [0, 0.1) is 13.8 Å². The Kier molecular flexibility index (Phi) is 4.13. The topological polar surface area (TPSA) is 54.1 Å². The number of aromatic nitrogens is 1. The van der Waals surface area contributed by atoms with Gasteiger partial charge in [-0.2, -0.15) is 0 Å². The lowest BCUT2D eigenvalue weighted by Gasteiger charge is -2.07. The molecule has 0 saturated carbocycles. The van der Waals surface area contributed by atoms with E-state index >= 15 is 0 Å². The van der Waals surface area contributed by atoms with Gasteiger partial charge in [-0.05, 0) is 55.3 Å². The van der Waals surface area contributed by atoms with E-state index < -0.39 is 0 Å². The minimum absolute atomic E-state index is 0.153. The van der Waals surface area contributed by atoms with Crippen molar-refractivity contribution in [3.05, 3.63) is 57.7 Å². The average Bonchev–Trinajstić information content (AvgIpc) is 2.87. The first-order valence-corrected chi connectivity index (χ1v) is 8.02. The highest BCUT2D eigenvalue weighted by atomic mass is 79.9. The Balaban J connectivity index is 1.94. The Morgan fingerprint density at radius 2 is 1.96 bits per heavy atom. The summed E-state index contributed by atoms with van der Waals surface area (Å²) in [7, 11) is 1.63. The minimum atomic E-state index is -0.153. The van der Waals surface area contributed by atoms with Crippen LogP contribution in [-0.4, -0.2) is 18.0 Å². The number of H-pyrrole nitrogens is 1. The second-order valence-electron chi connectivity index (χ2n) is 5.45. The van der Waals surface area contributed by atoms with Gasteiger partial charge in [-0.1, -0.05) is 15.9 Å². The lowest BCUT2D eigenvalue weighted by Crippen LogP contribution is -2.13. The molecule has 3 rings (SSSR count). The van der Waals surface area contributed by atoms with E-state index in [0.29, 0.717) is 5.69 Å². The fourth-order valence-electron chi connectivity index (χ4n) is 2.59. The zero-order valence-corrected chi connectivity index (χ0v) is 14.7. The normalized spacial score (nSPS) is 10.8. The van der Waals surface area contributed by atoms with Crippen LogP contribution in [-0.2, 0) is 0 Å². The van der Waals surface area contributed by atoms with Gasteiger partial charge in [0, 0.05) is 27.1 Å². The van der Waals surface area contributed by atoms with Crippen molar-refractivity contribution in [2.45, 2.75) is 13.8 Å². The number of carbonyl (C=O) groups is 1. The van der Waals surface area contributed by atoms with Crippen LogP contribution in [0.5, 0.6) is 5.75 Å². The molecular weight excluding hydrogens is 356 g/mol. The van der Waals surface area contributed by atoms with Crippen molar-refractivity contribution in [2.75, 3.05) is 12.4 Å². The first-order valence-electron chi connectivity index (χ1n) is 7.23. The third-order valence-corrected chi connectivity index (χ3v) is 4.80. The first-order chi connectivity index (χ1) is 11.0. The standard InChI is InChI=1S/C18H17BrN2O2/c1-10-8-12(4-7-15(10)19)20-18(22)17-11(2)14-6-5-13(23-3)9-16(14)21-17/h4-9,21H,1-3H3,(H,20,22). The van der Waals surface area contributed by atoms with Gasteiger partial charge >= 0.3 is 0 Å². The van der Waals surface area contributed by atoms with Crippen LogP contribution in [0.4, 0.5) is 5.69 Å². The molecule has 118 valence electrons. The second-order valence-corrected chi connectivity index (χ2v) is 6.31. The zero-order valence-electron chi connectivity index (χ0n) is 13.2. The van der Waals surface area contributed by atoms with Crippen molar-refractivity contribution in [3.63, 3.8) is 0 Å². The molecule has 5 heteroatoms. The van der Waals surface area contributed by atoms with Crippen LogP contribution in [0.2, 0.25) is 0 Å². The zero-order chi connectivity index (χ0) is 16.6. The summed E-state index contributed by atoms with van der Waals surface area (Å²) in [6.07, 6.45) is 0. The van der Waals surface area contributed by atoms with Gasteiger partial charge < -0.3 is 15.0 Å². The van der Waals surface area contributed by atoms with E-state index in [1.54, 1.807) is 7.11 Å². The maximum Gasteiger partial charge on any atom is 0.272 e. The van der Waals surface area contributed by atoms with E-state index in [1.165, 1.54) is 0 Å². The Labute approximate surface area is 143 Å². The molecular formula is C18H17BrN2O2. The number of anilines is 1. The predicted molar refractivity (Wildman–Crippen MR) is 96.4 cm³/mol. The summed E-state index contributed by atoms with van der Waals surface area (Å²) >= 11 is 3.46. The summed E-state index contributed by atoms with van der Waals surface area (Å²) in [5.41, 5.74) is 4.22. The van der Waals surface area contributed by atoms with Crippen LogP contribution in [0.1, 0.15) is 21.6 Å². The maximum atomic E-state index is 12.6. The smallest absolute Gasteiger partial charge is 0.272 e. The van der Waals surface area contributed by atoms with E-state index in [-0.39, 0.29) is 5.91 Å². The number of hydrogen-bond acceptors (Lipinski definition) is 2. The number of ether oxygens (including phenoxy) is 1. The number of rotatable bonds is 3. The van der Waals surface area contributed by atoms with Gasteiger partial charge in [0.2, 0.25) is 0 Å². The molecule has 2 N–H and O–H groups in total.